The van der Waals surface area contributed by atoms with Gasteiger partial charge in [-0.15, -0.1) is 0 Å². The van der Waals surface area contributed by atoms with Crippen molar-refractivity contribution < 1.29 is 14.3 Å². The van der Waals surface area contributed by atoms with Crippen LogP contribution in [0, 0.1) is 5.82 Å². The second-order valence-corrected chi connectivity index (χ2v) is 4.62. The van der Waals surface area contributed by atoms with Gasteiger partial charge in [0.1, 0.15) is 5.82 Å². The first kappa shape index (κ1) is 14.1. The topological polar surface area (TPSA) is 49.3 Å². The van der Waals surface area contributed by atoms with E-state index in [2.05, 4.69) is 21.2 Å². The summed E-state index contributed by atoms with van der Waals surface area (Å²) < 4.78 is 13.8. The van der Waals surface area contributed by atoms with Crippen molar-refractivity contribution in [3.05, 3.63) is 34.1 Å². The highest BCUT2D eigenvalue weighted by atomic mass is 79.9. The molecule has 0 heterocycles. The third-order valence-electron chi connectivity index (χ3n) is 2.32. The highest BCUT2D eigenvalue weighted by Gasteiger charge is 2.01. The number of carboxylic acids is 1. The predicted molar refractivity (Wildman–Crippen MR) is 67.3 cm³/mol. The van der Waals surface area contributed by atoms with Crippen molar-refractivity contribution in [1.29, 1.82) is 0 Å². The lowest BCUT2D eigenvalue weighted by molar-refractivity contribution is -0.137. The molecule has 94 valence electrons. The van der Waals surface area contributed by atoms with Crippen LogP contribution in [-0.4, -0.2) is 17.6 Å². The fourth-order valence-corrected chi connectivity index (χ4v) is 1.81. The van der Waals surface area contributed by atoms with Crippen LogP contribution in [-0.2, 0) is 11.3 Å². The van der Waals surface area contributed by atoms with Crippen LogP contribution in [0.3, 0.4) is 0 Å². The summed E-state index contributed by atoms with van der Waals surface area (Å²) in [6, 6.07) is 4.56. The summed E-state index contributed by atoms with van der Waals surface area (Å²) in [4.78, 5) is 10.3. The van der Waals surface area contributed by atoms with Crippen LogP contribution in [0.2, 0.25) is 0 Å². The van der Waals surface area contributed by atoms with Crippen molar-refractivity contribution in [3.8, 4) is 0 Å². The second kappa shape index (κ2) is 7.40. The van der Waals surface area contributed by atoms with E-state index >= 15 is 0 Å². The Kier molecular flexibility index (Phi) is 6.15. The third kappa shape index (κ3) is 5.79. The van der Waals surface area contributed by atoms with Gasteiger partial charge in [-0.05, 0) is 43.1 Å². The molecule has 2 N–H and O–H groups in total. The maximum atomic E-state index is 13.0. The molecule has 5 heteroatoms. The van der Waals surface area contributed by atoms with Crippen LogP contribution in [0.25, 0.3) is 0 Å². The smallest absolute Gasteiger partial charge is 0.303 e. The van der Waals surface area contributed by atoms with Gasteiger partial charge in [-0.25, -0.2) is 4.39 Å². The summed E-state index contributed by atoms with van der Waals surface area (Å²) in [5.74, 6) is -1.02. The van der Waals surface area contributed by atoms with Crippen LogP contribution in [0.4, 0.5) is 4.39 Å². The number of hydrogen-bond acceptors (Lipinski definition) is 2. The number of unbranched alkanes of at least 4 members (excludes halogenated alkanes) is 1. The lowest BCUT2D eigenvalue weighted by Gasteiger charge is -2.06. The Morgan fingerprint density at radius 2 is 2.18 bits per heavy atom. The summed E-state index contributed by atoms with van der Waals surface area (Å²) in [6.07, 6.45) is 1.66. The second-order valence-electron chi connectivity index (χ2n) is 3.76. The molecular formula is C12H15BrFNO2. The SMILES string of the molecule is O=C(O)CCCCNCc1cc(F)ccc1Br. The van der Waals surface area contributed by atoms with Gasteiger partial charge in [0, 0.05) is 17.4 Å². The molecule has 0 saturated carbocycles. The predicted octanol–water partition coefficient (Wildman–Crippen LogP) is 2.93. The van der Waals surface area contributed by atoms with Crippen molar-refractivity contribution in [1.82, 2.24) is 5.32 Å². The molecule has 0 bridgehead atoms. The molecular weight excluding hydrogens is 289 g/mol. The highest BCUT2D eigenvalue weighted by Crippen LogP contribution is 2.17. The first-order chi connectivity index (χ1) is 8.09. The molecule has 0 fully saturated rings. The molecule has 0 aliphatic heterocycles. The van der Waals surface area contributed by atoms with Gasteiger partial charge in [0.15, 0.2) is 0 Å². The van der Waals surface area contributed by atoms with Gasteiger partial charge in [-0.1, -0.05) is 15.9 Å². The van der Waals surface area contributed by atoms with Crippen molar-refractivity contribution in [2.24, 2.45) is 0 Å². The average molecular weight is 304 g/mol. The first-order valence-electron chi connectivity index (χ1n) is 5.46. The van der Waals surface area contributed by atoms with Crippen LogP contribution in [0.5, 0.6) is 0 Å². The zero-order valence-electron chi connectivity index (χ0n) is 9.38. The lowest BCUT2D eigenvalue weighted by Crippen LogP contribution is -2.15. The lowest BCUT2D eigenvalue weighted by atomic mass is 10.2. The Bertz CT molecular complexity index is 385. The molecule has 0 spiro atoms. The minimum absolute atomic E-state index is 0.200. The Hall–Kier alpha value is -0.940. The van der Waals surface area contributed by atoms with E-state index in [1.54, 1.807) is 6.07 Å². The highest BCUT2D eigenvalue weighted by molar-refractivity contribution is 9.10. The molecule has 1 rings (SSSR count). The molecule has 0 aliphatic carbocycles. The van der Waals surface area contributed by atoms with Gasteiger partial charge < -0.3 is 10.4 Å². The van der Waals surface area contributed by atoms with E-state index in [0.29, 0.717) is 13.0 Å². The maximum Gasteiger partial charge on any atom is 0.303 e. The molecule has 0 unspecified atom stereocenters. The van der Waals surface area contributed by atoms with E-state index in [9.17, 15) is 9.18 Å². The van der Waals surface area contributed by atoms with Gasteiger partial charge >= 0.3 is 5.97 Å². The largest absolute Gasteiger partial charge is 0.481 e. The Morgan fingerprint density at radius 1 is 1.41 bits per heavy atom. The molecule has 0 radical (unpaired) electrons. The standard InChI is InChI=1S/C12H15BrFNO2/c13-11-5-4-10(14)7-9(11)8-15-6-2-1-3-12(16)17/h4-5,7,15H,1-3,6,8H2,(H,16,17). The van der Waals surface area contributed by atoms with Gasteiger partial charge in [-0.3, -0.25) is 4.79 Å². The van der Waals surface area contributed by atoms with E-state index in [1.807, 2.05) is 0 Å². The molecule has 1 aromatic carbocycles. The number of hydrogen-bond donors (Lipinski definition) is 2. The fraction of sp³-hybridized carbons (Fsp3) is 0.417. The van der Waals surface area contributed by atoms with Crippen molar-refractivity contribution in [2.75, 3.05) is 6.54 Å². The molecule has 0 saturated heterocycles. The quantitative estimate of drug-likeness (QED) is 0.762. The average Bonchev–Trinajstić information content (AvgIpc) is 2.27. The van der Waals surface area contributed by atoms with Gasteiger partial charge in [0.05, 0.1) is 0 Å². The third-order valence-corrected chi connectivity index (χ3v) is 3.09. The number of aliphatic carboxylic acids is 1. The minimum atomic E-state index is -0.766. The van der Waals surface area contributed by atoms with Gasteiger partial charge in [0.2, 0.25) is 0 Å². The Labute approximate surface area is 108 Å². The zero-order chi connectivity index (χ0) is 12.7. The monoisotopic (exact) mass is 303 g/mol. The molecule has 0 amide bonds. The van der Waals surface area contributed by atoms with Crippen molar-refractivity contribution in [3.63, 3.8) is 0 Å². The summed E-state index contributed by atoms with van der Waals surface area (Å²) in [7, 11) is 0. The van der Waals surface area contributed by atoms with E-state index in [4.69, 9.17) is 5.11 Å². The van der Waals surface area contributed by atoms with E-state index in [0.717, 1.165) is 23.0 Å². The molecule has 17 heavy (non-hydrogen) atoms. The minimum Gasteiger partial charge on any atom is -0.481 e. The number of nitrogens with one attached hydrogen (secondary N) is 1. The molecule has 3 nitrogen and oxygen atoms in total. The van der Waals surface area contributed by atoms with E-state index in [1.165, 1.54) is 12.1 Å². The fourth-order valence-electron chi connectivity index (χ4n) is 1.43. The molecule has 0 atom stereocenters. The normalized spacial score (nSPS) is 10.5. The summed E-state index contributed by atoms with van der Waals surface area (Å²) >= 11 is 3.35. The van der Waals surface area contributed by atoms with E-state index in [-0.39, 0.29) is 12.2 Å². The molecule has 0 aromatic heterocycles. The molecule has 1 aromatic rings. The van der Waals surface area contributed by atoms with Crippen LogP contribution in [0.15, 0.2) is 22.7 Å². The summed E-state index contributed by atoms with van der Waals surface area (Å²) in [6.45, 7) is 1.31. The summed E-state index contributed by atoms with van der Waals surface area (Å²) in [5.41, 5.74) is 0.864. The number of carbonyl (C=O) groups is 1. The zero-order valence-corrected chi connectivity index (χ0v) is 11.0. The Balaban J connectivity index is 2.22. The van der Waals surface area contributed by atoms with Crippen LogP contribution in [0.1, 0.15) is 24.8 Å². The van der Waals surface area contributed by atoms with Crippen LogP contribution >= 0.6 is 15.9 Å². The Morgan fingerprint density at radius 3 is 2.88 bits per heavy atom. The number of carboxylic acid groups (broad SMARTS) is 1. The number of benzene rings is 1. The number of halogens is 2. The molecule has 0 aliphatic rings. The maximum absolute atomic E-state index is 13.0. The number of rotatable bonds is 7. The summed E-state index contributed by atoms with van der Waals surface area (Å²) in [5, 5.41) is 11.6. The first-order valence-corrected chi connectivity index (χ1v) is 6.25. The van der Waals surface area contributed by atoms with E-state index < -0.39 is 5.97 Å². The van der Waals surface area contributed by atoms with Crippen LogP contribution < -0.4 is 5.32 Å². The van der Waals surface area contributed by atoms with Gasteiger partial charge in [-0.2, -0.15) is 0 Å². The van der Waals surface area contributed by atoms with Gasteiger partial charge in [0.25, 0.3) is 0 Å². The van der Waals surface area contributed by atoms with Crippen molar-refractivity contribution >= 4 is 21.9 Å². The van der Waals surface area contributed by atoms with Crippen molar-refractivity contribution in [2.45, 2.75) is 25.8 Å².